The summed E-state index contributed by atoms with van der Waals surface area (Å²) < 4.78 is 0. The number of hydrogen-bond acceptors (Lipinski definition) is 3. The van der Waals surface area contributed by atoms with Gasteiger partial charge in [0.25, 0.3) is 0 Å². The van der Waals surface area contributed by atoms with E-state index in [1.165, 1.54) is 0 Å². The van der Waals surface area contributed by atoms with Crippen molar-refractivity contribution in [2.24, 2.45) is 5.41 Å². The summed E-state index contributed by atoms with van der Waals surface area (Å²) in [5, 5.41) is 9.46. The molecule has 0 amide bonds. The summed E-state index contributed by atoms with van der Waals surface area (Å²) in [6.07, 6.45) is 0.177. The van der Waals surface area contributed by atoms with E-state index < -0.39 is 5.97 Å². The third kappa shape index (κ3) is 13.4. The van der Waals surface area contributed by atoms with Gasteiger partial charge in [-0.05, 0) is 5.41 Å². The Morgan fingerprint density at radius 2 is 1.82 bits per heavy atom. The van der Waals surface area contributed by atoms with Crippen LogP contribution in [0.3, 0.4) is 0 Å². The molecular formula is C6H11BrCuO3. The molecule has 0 unspecified atom stereocenters. The van der Waals surface area contributed by atoms with Crippen LogP contribution in [0.4, 0.5) is 0 Å². The van der Waals surface area contributed by atoms with Gasteiger partial charge in [-0.15, -0.1) is 0 Å². The third-order valence-corrected chi connectivity index (χ3v) is 0.768. The molecule has 0 aromatic heterocycles. The molecule has 1 radical (unpaired) electrons. The Labute approximate surface area is 87.7 Å². The zero-order valence-corrected chi connectivity index (χ0v) is 9.14. The second-order valence-electron chi connectivity index (χ2n) is 3.19. The predicted octanol–water partition coefficient (Wildman–Crippen LogP) is -2.76. The molecule has 0 heterocycles. The average Bonchev–Trinajstić information content (AvgIpc) is 1.62. The summed E-state index contributed by atoms with van der Waals surface area (Å²) >= 11 is 0. The zero-order valence-electron chi connectivity index (χ0n) is 6.61. The van der Waals surface area contributed by atoms with E-state index >= 15 is 0 Å². The van der Waals surface area contributed by atoms with Crippen LogP contribution < -0.4 is 22.2 Å². The summed E-state index contributed by atoms with van der Waals surface area (Å²) in [5.41, 5.74) is -0.151. The second-order valence-corrected chi connectivity index (χ2v) is 3.19. The number of halogens is 1. The number of carbonyl (C=O) groups is 1. The van der Waals surface area contributed by atoms with Crippen molar-refractivity contribution < 1.29 is 49.0 Å². The molecule has 0 aromatic rings. The quantitative estimate of drug-likeness (QED) is 0.296. The first kappa shape index (κ1) is 17.5. The van der Waals surface area contributed by atoms with Crippen molar-refractivity contribution in [3.05, 3.63) is 0 Å². The molecule has 11 heavy (non-hydrogen) atoms. The number of carbonyl (C=O) groups excluding carboxylic acids is 1. The van der Waals surface area contributed by atoms with Crippen LogP contribution in [-0.2, 0) is 26.8 Å². The van der Waals surface area contributed by atoms with Crippen molar-refractivity contribution >= 4 is 5.97 Å². The molecule has 5 heteroatoms. The summed E-state index contributed by atoms with van der Waals surface area (Å²) in [6.45, 7) is 5.60. The van der Waals surface area contributed by atoms with Crippen molar-refractivity contribution in [1.29, 1.82) is 0 Å². The van der Waals surface area contributed by atoms with E-state index in [0.717, 1.165) is 0 Å². The SMILES string of the molecule is CC(C)(C)CC(=O)O[O-].[Br-].[Cu+2]. The molecule has 0 spiro atoms. The first-order chi connectivity index (χ1) is 3.95. The van der Waals surface area contributed by atoms with E-state index in [1.54, 1.807) is 0 Å². The first-order valence-electron chi connectivity index (χ1n) is 2.78. The van der Waals surface area contributed by atoms with Gasteiger partial charge >= 0.3 is 23.0 Å². The molecule has 0 rings (SSSR count). The van der Waals surface area contributed by atoms with E-state index in [1.807, 2.05) is 20.8 Å². The largest absolute Gasteiger partial charge is 2.00 e. The molecule has 0 saturated carbocycles. The van der Waals surface area contributed by atoms with Gasteiger partial charge in [0.05, 0.1) is 0 Å². The van der Waals surface area contributed by atoms with E-state index in [0.29, 0.717) is 0 Å². The third-order valence-electron chi connectivity index (χ3n) is 0.768. The normalized spacial score (nSPS) is 9.09. The molecule has 0 aliphatic heterocycles. The fourth-order valence-electron chi connectivity index (χ4n) is 0.462. The van der Waals surface area contributed by atoms with Gasteiger partial charge in [-0.25, -0.2) is 0 Å². The van der Waals surface area contributed by atoms with Crippen LogP contribution in [0.15, 0.2) is 0 Å². The van der Waals surface area contributed by atoms with Crippen molar-refractivity contribution in [3.63, 3.8) is 0 Å². The van der Waals surface area contributed by atoms with Crippen molar-refractivity contribution in [2.45, 2.75) is 27.2 Å². The molecule has 0 aliphatic rings. The Bertz CT molecular complexity index is 111. The Hall–Kier alpha value is 0.429. The smallest absolute Gasteiger partial charge is 1.00 e. The summed E-state index contributed by atoms with van der Waals surface area (Å²) in [7, 11) is 0. The zero-order chi connectivity index (χ0) is 7.49. The Balaban J connectivity index is -0.000000320. The summed E-state index contributed by atoms with van der Waals surface area (Å²) in [4.78, 5) is 13.5. The van der Waals surface area contributed by atoms with Crippen molar-refractivity contribution in [3.8, 4) is 0 Å². The van der Waals surface area contributed by atoms with Gasteiger partial charge < -0.3 is 27.1 Å². The minimum Gasteiger partial charge on any atom is -1.00 e. The van der Waals surface area contributed by atoms with Crippen molar-refractivity contribution in [2.75, 3.05) is 0 Å². The van der Waals surface area contributed by atoms with Crippen LogP contribution in [-0.4, -0.2) is 5.97 Å². The molecule has 0 aromatic carbocycles. The molecule has 0 aliphatic carbocycles. The fourth-order valence-corrected chi connectivity index (χ4v) is 0.462. The van der Waals surface area contributed by atoms with Crippen LogP contribution in [0, 0.1) is 5.41 Å². The van der Waals surface area contributed by atoms with Gasteiger partial charge in [0.1, 0.15) is 0 Å². The Morgan fingerprint density at radius 1 is 1.45 bits per heavy atom. The summed E-state index contributed by atoms with van der Waals surface area (Å²) in [5.74, 6) is -0.692. The van der Waals surface area contributed by atoms with Crippen LogP contribution in [0.2, 0.25) is 0 Å². The molecule has 0 atom stereocenters. The van der Waals surface area contributed by atoms with Crippen LogP contribution in [0.25, 0.3) is 0 Å². The average molecular weight is 275 g/mol. The van der Waals surface area contributed by atoms with Crippen LogP contribution in [0.5, 0.6) is 0 Å². The monoisotopic (exact) mass is 273 g/mol. The van der Waals surface area contributed by atoms with Gasteiger partial charge in [0, 0.05) is 6.42 Å². The Kier molecular flexibility index (Phi) is 11.3. The van der Waals surface area contributed by atoms with Gasteiger partial charge in [0.15, 0.2) is 0 Å². The number of rotatable bonds is 1. The summed E-state index contributed by atoms with van der Waals surface area (Å²) in [6, 6.07) is 0. The maximum absolute atomic E-state index is 10.3. The molecule has 0 N–H and O–H groups in total. The topological polar surface area (TPSA) is 49.4 Å². The minimum absolute atomic E-state index is 0. The van der Waals surface area contributed by atoms with Gasteiger partial charge in [-0.1, -0.05) is 20.8 Å². The van der Waals surface area contributed by atoms with Crippen LogP contribution in [0.1, 0.15) is 27.2 Å². The minimum atomic E-state index is -0.692. The maximum atomic E-state index is 10.3. The van der Waals surface area contributed by atoms with E-state index in [-0.39, 0.29) is 45.9 Å². The van der Waals surface area contributed by atoms with Gasteiger partial charge in [-0.3, -0.25) is 4.79 Å². The van der Waals surface area contributed by atoms with E-state index in [2.05, 4.69) is 4.89 Å². The molecule has 0 fully saturated rings. The van der Waals surface area contributed by atoms with Gasteiger partial charge in [0.2, 0.25) is 0 Å². The molecule has 0 bridgehead atoms. The molecule has 0 saturated heterocycles. The van der Waals surface area contributed by atoms with Crippen molar-refractivity contribution in [1.82, 2.24) is 0 Å². The first-order valence-corrected chi connectivity index (χ1v) is 2.78. The fraction of sp³-hybridized carbons (Fsp3) is 0.833. The molecular weight excluding hydrogens is 264 g/mol. The standard InChI is InChI=1S/C6H12O3.BrH.Cu/c1-6(2,3)4-5(7)9-8;;/h8H,4H2,1-3H3;1H;/q;;+2/p-2. The second kappa shape index (κ2) is 7.10. The maximum Gasteiger partial charge on any atom is 2.00 e. The molecule has 3 nitrogen and oxygen atoms in total. The van der Waals surface area contributed by atoms with Gasteiger partial charge in [-0.2, -0.15) is 0 Å². The van der Waals surface area contributed by atoms with E-state index in [4.69, 9.17) is 0 Å². The predicted molar refractivity (Wildman–Crippen MR) is 30.2 cm³/mol. The van der Waals surface area contributed by atoms with E-state index in [9.17, 15) is 10.1 Å². The molecule has 71 valence electrons. The van der Waals surface area contributed by atoms with Crippen LogP contribution >= 0.6 is 0 Å². The Morgan fingerprint density at radius 3 is 1.91 bits per heavy atom. The number of hydrogen-bond donors (Lipinski definition) is 0.